The topological polar surface area (TPSA) is 41.5 Å². The fraction of sp³-hybridized carbons (Fsp3) is 0.625. The first kappa shape index (κ1) is 15.3. The van der Waals surface area contributed by atoms with Gasteiger partial charge in [-0.25, -0.2) is 4.39 Å². The van der Waals surface area contributed by atoms with Gasteiger partial charge < -0.3 is 15.2 Å². The van der Waals surface area contributed by atoms with E-state index in [1.54, 1.807) is 12.1 Å². The van der Waals surface area contributed by atoms with Crippen molar-refractivity contribution in [1.29, 1.82) is 0 Å². The van der Waals surface area contributed by atoms with Crippen LogP contribution in [0.25, 0.3) is 0 Å². The number of β-amino-alcohol motifs (C(OH)–C–C–N with tert-alkyl or cyclic N) is 1. The van der Waals surface area contributed by atoms with Crippen LogP contribution in [0.15, 0.2) is 18.2 Å². The second kappa shape index (κ2) is 6.10. The fourth-order valence-corrected chi connectivity index (χ4v) is 2.36. The summed E-state index contributed by atoms with van der Waals surface area (Å²) in [5.41, 5.74) is 0.954. The van der Waals surface area contributed by atoms with Crippen LogP contribution in [0.3, 0.4) is 0 Å². The Balaban J connectivity index is 1.99. The molecule has 1 aliphatic heterocycles. The summed E-state index contributed by atoms with van der Waals surface area (Å²) in [5.74, 6) is -0.0357. The summed E-state index contributed by atoms with van der Waals surface area (Å²) in [6.45, 7) is 7.27. The number of halogens is 1. The molecule has 0 bridgehead atoms. The minimum Gasteiger partial charge on any atom is -0.489 e. The van der Waals surface area contributed by atoms with E-state index < -0.39 is 0 Å². The Labute approximate surface area is 120 Å². The van der Waals surface area contributed by atoms with Gasteiger partial charge in [-0.05, 0) is 36.0 Å². The van der Waals surface area contributed by atoms with E-state index in [0.717, 1.165) is 12.0 Å². The number of hydrogen-bond donors (Lipinski definition) is 2. The molecule has 1 aromatic rings. The predicted molar refractivity (Wildman–Crippen MR) is 77.6 cm³/mol. The highest BCUT2D eigenvalue weighted by molar-refractivity contribution is 5.33. The molecule has 0 amide bonds. The Morgan fingerprint density at radius 1 is 1.45 bits per heavy atom. The number of hydrogen-bond acceptors (Lipinski definition) is 3. The highest BCUT2D eigenvalue weighted by Gasteiger charge is 2.23. The summed E-state index contributed by atoms with van der Waals surface area (Å²) in [6.07, 6.45) is 1.29. The molecule has 1 heterocycles. The third-order valence-corrected chi connectivity index (χ3v) is 4.24. The molecular formula is C16H24FNO2. The molecule has 1 fully saturated rings. The molecule has 1 aliphatic rings. The summed E-state index contributed by atoms with van der Waals surface area (Å²) >= 11 is 0. The fourth-order valence-electron chi connectivity index (χ4n) is 2.36. The van der Waals surface area contributed by atoms with Crippen molar-refractivity contribution in [2.24, 2.45) is 0 Å². The van der Waals surface area contributed by atoms with Gasteiger partial charge in [-0.1, -0.05) is 26.8 Å². The van der Waals surface area contributed by atoms with Crippen LogP contribution in [0.4, 0.5) is 4.39 Å². The van der Waals surface area contributed by atoms with Gasteiger partial charge in [0.1, 0.15) is 6.61 Å². The van der Waals surface area contributed by atoms with Gasteiger partial charge in [0.15, 0.2) is 11.6 Å². The standard InChI is InChI=1S/C16H24FNO2/c1-4-16(2,3)11-5-6-15(14(17)7-11)20-10-12-8-13(19)9-18-12/h5-7,12-13,18-19H,4,8-10H2,1-3H3/t12?,13-/m1/s1. The van der Waals surface area contributed by atoms with Crippen LogP contribution in [0.1, 0.15) is 39.2 Å². The normalized spacial score (nSPS) is 23.1. The summed E-state index contributed by atoms with van der Waals surface area (Å²) in [5, 5.41) is 12.6. The largest absolute Gasteiger partial charge is 0.489 e. The zero-order valence-electron chi connectivity index (χ0n) is 12.4. The van der Waals surface area contributed by atoms with Crippen LogP contribution in [-0.4, -0.2) is 30.4 Å². The molecule has 1 saturated heterocycles. The molecule has 112 valence electrons. The molecule has 2 atom stereocenters. The van der Waals surface area contributed by atoms with E-state index in [1.165, 1.54) is 0 Å². The molecule has 3 nitrogen and oxygen atoms in total. The molecular weight excluding hydrogens is 257 g/mol. The third kappa shape index (κ3) is 3.49. The molecule has 0 aliphatic carbocycles. The second-order valence-corrected chi connectivity index (χ2v) is 6.19. The summed E-state index contributed by atoms with van der Waals surface area (Å²) < 4.78 is 19.6. The van der Waals surface area contributed by atoms with E-state index in [-0.39, 0.29) is 29.1 Å². The van der Waals surface area contributed by atoms with E-state index in [1.807, 2.05) is 6.07 Å². The number of aliphatic hydroxyl groups is 1. The lowest BCUT2D eigenvalue weighted by Crippen LogP contribution is -2.28. The maximum absolute atomic E-state index is 14.1. The molecule has 4 heteroatoms. The van der Waals surface area contributed by atoms with Crippen molar-refractivity contribution in [1.82, 2.24) is 5.32 Å². The Kier molecular flexibility index (Phi) is 4.66. The molecule has 0 radical (unpaired) electrons. The highest BCUT2D eigenvalue weighted by Crippen LogP contribution is 2.30. The van der Waals surface area contributed by atoms with Crippen LogP contribution in [0, 0.1) is 5.82 Å². The Morgan fingerprint density at radius 2 is 2.20 bits per heavy atom. The average molecular weight is 281 g/mol. The summed E-state index contributed by atoms with van der Waals surface area (Å²) in [4.78, 5) is 0. The zero-order valence-corrected chi connectivity index (χ0v) is 12.4. The van der Waals surface area contributed by atoms with E-state index >= 15 is 0 Å². The van der Waals surface area contributed by atoms with Gasteiger partial charge in [0.25, 0.3) is 0 Å². The first-order valence-electron chi connectivity index (χ1n) is 7.26. The van der Waals surface area contributed by atoms with Gasteiger partial charge in [0.2, 0.25) is 0 Å². The Hall–Kier alpha value is -1.13. The van der Waals surface area contributed by atoms with Crippen molar-refractivity contribution < 1.29 is 14.2 Å². The third-order valence-electron chi connectivity index (χ3n) is 4.24. The summed E-state index contributed by atoms with van der Waals surface area (Å²) in [7, 11) is 0. The average Bonchev–Trinajstić information content (AvgIpc) is 2.83. The van der Waals surface area contributed by atoms with Gasteiger partial charge in [0, 0.05) is 12.6 Å². The molecule has 0 aromatic heterocycles. The number of ether oxygens (including phenoxy) is 1. The molecule has 2 rings (SSSR count). The molecule has 2 N–H and O–H groups in total. The minimum atomic E-state index is -0.318. The lowest BCUT2D eigenvalue weighted by atomic mass is 9.82. The number of rotatable bonds is 5. The van der Waals surface area contributed by atoms with Crippen LogP contribution >= 0.6 is 0 Å². The molecule has 1 unspecified atom stereocenters. The number of nitrogens with one attached hydrogen (secondary N) is 1. The van der Waals surface area contributed by atoms with Gasteiger partial charge in [-0.2, -0.15) is 0 Å². The molecule has 0 spiro atoms. The van der Waals surface area contributed by atoms with Crippen molar-refractivity contribution in [3.8, 4) is 5.75 Å². The smallest absolute Gasteiger partial charge is 0.165 e. The predicted octanol–water partition coefficient (Wildman–Crippen LogP) is 2.61. The minimum absolute atomic E-state index is 0.0313. The molecule has 1 aromatic carbocycles. The maximum atomic E-state index is 14.1. The van der Waals surface area contributed by atoms with Gasteiger partial charge in [0.05, 0.1) is 6.10 Å². The lowest BCUT2D eigenvalue weighted by Gasteiger charge is -2.24. The monoisotopic (exact) mass is 281 g/mol. The van der Waals surface area contributed by atoms with Crippen LogP contribution in [0.5, 0.6) is 5.75 Å². The quantitative estimate of drug-likeness (QED) is 0.871. The van der Waals surface area contributed by atoms with Crippen molar-refractivity contribution in [3.63, 3.8) is 0 Å². The van der Waals surface area contributed by atoms with Gasteiger partial charge >= 0.3 is 0 Å². The van der Waals surface area contributed by atoms with Gasteiger partial charge in [-0.15, -0.1) is 0 Å². The lowest BCUT2D eigenvalue weighted by molar-refractivity contribution is 0.186. The Bertz CT molecular complexity index is 462. The van der Waals surface area contributed by atoms with Crippen molar-refractivity contribution in [3.05, 3.63) is 29.6 Å². The zero-order chi connectivity index (χ0) is 14.8. The number of benzene rings is 1. The summed E-state index contributed by atoms with van der Waals surface area (Å²) in [6, 6.07) is 5.29. The maximum Gasteiger partial charge on any atom is 0.165 e. The highest BCUT2D eigenvalue weighted by atomic mass is 19.1. The van der Waals surface area contributed by atoms with E-state index in [2.05, 4.69) is 26.1 Å². The van der Waals surface area contributed by atoms with Crippen LogP contribution in [-0.2, 0) is 5.41 Å². The van der Waals surface area contributed by atoms with E-state index in [4.69, 9.17) is 4.74 Å². The first-order valence-corrected chi connectivity index (χ1v) is 7.26. The SMILES string of the molecule is CCC(C)(C)c1ccc(OCC2C[C@@H](O)CN2)c(F)c1. The van der Waals surface area contributed by atoms with Crippen LogP contribution < -0.4 is 10.1 Å². The first-order chi connectivity index (χ1) is 9.42. The van der Waals surface area contributed by atoms with E-state index in [9.17, 15) is 9.50 Å². The Morgan fingerprint density at radius 3 is 2.75 bits per heavy atom. The molecule has 0 saturated carbocycles. The van der Waals surface area contributed by atoms with Crippen molar-refractivity contribution >= 4 is 0 Å². The van der Waals surface area contributed by atoms with Crippen LogP contribution in [0.2, 0.25) is 0 Å². The van der Waals surface area contributed by atoms with Gasteiger partial charge in [-0.3, -0.25) is 0 Å². The van der Waals surface area contributed by atoms with Crippen molar-refractivity contribution in [2.75, 3.05) is 13.2 Å². The second-order valence-electron chi connectivity index (χ2n) is 6.19. The number of aliphatic hydroxyl groups excluding tert-OH is 1. The van der Waals surface area contributed by atoms with E-state index in [0.29, 0.717) is 19.6 Å². The molecule has 20 heavy (non-hydrogen) atoms. The van der Waals surface area contributed by atoms with Crippen molar-refractivity contribution in [2.45, 2.75) is 51.2 Å².